The number of fused-ring (bicyclic) bond motifs is 1. The van der Waals surface area contributed by atoms with Crippen molar-refractivity contribution in [3.63, 3.8) is 0 Å². The third-order valence-electron chi connectivity index (χ3n) is 3.06. The summed E-state index contributed by atoms with van der Waals surface area (Å²) in [5.41, 5.74) is 4.17. The van der Waals surface area contributed by atoms with Crippen molar-refractivity contribution in [2.24, 2.45) is 0 Å². The molecule has 0 spiro atoms. The Balaban J connectivity index is 1.90. The van der Waals surface area contributed by atoms with Crippen LogP contribution in [-0.4, -0.2) is 20.2 Å². The lowest BCUT2D eigenvalue weighted by Gasteiger charge is -2.05. The lowest BCUT2D eigenvalue weighted by Crippen LogP contribution is -2.00. The van der Waals surface area contributed by atoms with Gasteiger partial charge >= 0.3 is 0 Å². The van der Waals surface area contributed by atoms with Crippen LogP contribution in [0.2, 0.25) is 0 Å². The van der Waals surface area contributed by atoms with Crippen LogP contribution in [0.3, 0.4) is 0 Å². The molecule has 0 aliphatic heterocycles. The second-order valence-corrected chi connectivity index (χ2v) is 4.59. The lowest BCUT2D eigenvalue weighted by molar-refractivity contribution is 1.05. The Hall–Kier alpha value is -2.43. The van der Waals surface area contributed by atoms with Gasteiger partial charge in [0.05, 0.1) is 5.39 Å². The molecule has 0 atom stereocenters. The number of hydrogen-bond acceptors (Lipinski definition) is 4. The molecule has 0 saturated heterocycles. The van der Waals surface area contributed by atoms with E-state index in [4.69, 9.17) is 0 Å². The van der Waals surface area contributed by atoms with Crippen LogP contribution in [0.1, 0.15) is 16.8 Å². The SMILES string of the molecule is Cc1cc(C)c2c(NCc3ccncc3)n[nH]c2n1. The molecule has 3 rings (SSSR count). The Labute approximate surface area is 111 Å². The van der Waals surface area contributed by atoms with Gasteiger partial charge in [0.15, 0.2) is 11.5 Å². The van der Waals surface area contributed by atoms with Crippen molar-refractivity contribution >= 4 is 16.9 Å². The minimum atomic E-state index is 0.718. The molecule has 3 aromatic heterocycles. The molecular formula is C14H15N5. The zero-order chi connectivity index (χ0) is 13.2. The van der Waals surface area contributed by atoms with Crippen molar-refractivity contribution in [1.82, 2.24) is 20.2 Å². The summed E-state index contributed by atoms with van der Waals surface area (Å²) in [4.78, 5) is 8.45. The van der Waals surface area contributed by atoms with Crippen LogP contribution in [0, 0.1) is 13.8 Å². The topological polar surface area (TPSA) is 66.5 Å². The summed E-state index contributed by atoms with van der Waals surface area (Å²) in [5, 5.41) is 11.7. The molecule has 96 valence electrons. The molecule has 19 heavy (non-hydrogen) atoms. The summed E-state index contributed by atoms with van der Waals surface area (Å²) >= 11 is 0. The van der Waals surface area contributed by atoms with E-state index in [2.05, 4.69) is 38.5 Å². The molecule has 3 aromatic rings. The number of nitrogens with zero attached hydrogens (tertiary/aromatic N) is 3. The summed E-state index contributed by atoms with van der Waals surface area (Å²) in [6.07, 6.45) is 3.58. The summed E-state index contributed by atoms with van der Waals surface area (Å²) in [5.74, 6) is 0.844. The standard InChI is InChI=1S/C14H15N5/c1-9-7-10(2)17-14-12(9)13(18-19-14)16-8-11-3-5-15-6-4-11/h3-7H,8H2,1-2H3,(H2,16,17,18,19). The van der Waals surface area contributed by atoms with Gasteiger partial charge in [0.1, 0.15) is 0 Å². The van der Waals surface area contributed by atoms with Gasteiger partial charge in [0, 0.05) is 24.6 Å². The Morgan fingerprint density at radius 1 is 1.21 bits per heavy atom. The third-order valence-corrected chi connectivity index (χ3v) is 3.06. The Morgan fingerprint density at radius 3 is 2.79 bits per heavy atom. The first-order valence-electron chi connectivity index (χ1n) is 6.19. The second kappa shape index (κ2) is 4.68. The van der Waals surface area contributed by atoms with Crippen molar-refractivity contribution < 1.29 is 0 Å². The monoisotopic (exact) mass is 253 g/mol. The van der Waals surface area contributed by atoms with Gasteiger partial charge < -0.3 is 5.32 Å². The van der Waals surface area contributed by atoms with E-state index in [-0.39, 0.29) is 0 Å². The van der Waals surface area contributed by atoms with Gasteiger partial charge in [0.2, 0.25) is 0 Å². The number of H-pyrrole nitrogens is 1. The number of nitrogens with one attached hydrogen (secondary N) is 2. The largest absolute Gasteiger partial charge is 0.364 e. The molecule has 5 nitrogen and oxygen atoms in total. The number of aryl methyl sites for hydroxylation is 2. The summed E-state index contributed by atoms with van der Waals surface area (Å²) in [6.45, 7) is 4.78. The van der Waals surface area contributed by atoms with Crippen LogP contribution in [0.15, 0.2) is 30.6 Å². The van der Waals surface area contributed by atoms with Crippen molar-refractivity contribution in [1.29, 1.82) is 0 Å². The fraction of sp³-hybridized carbons (Fsp3) is 0.214. The minimum absolute atomic E-state index is 0.718. The van der Waals surface area contributed by atoms with Crippen LogP contribution in [-0.2, 0) is 6.54 Å². The summed E-state index contributed by atoms with van der Waals surface area (Å²) < 4.78 is 0. The van der Waals surface area contributed by atoms with E-state index >= 15 is 0 Å². The van der Waals surface area contributed by atoms with E-state index in [1.807, 2.05) is 19.1 Å². The molecule has 2 N–H and O–H groups in total. The summed E-state index contributed by atoms with van der Waals surface area (Å²) in [6, 6.07) is 6.03. The normalized spacial score (nSPS) is 10.8. The van der Waals surface area contributed by atoms with Crippen molar-refractivity contribution in [2.75, 3.05) is 5.32 Å². The predicted octanol–water partition coefficient (Wildman–Crippen LogP) is 2.58. The highest BCUT2D eigenvalue weighted by Gasteiger charge is 2.09. The van der Waals surface area contributed by atoms with Crippen molar-refractivity contribution in [3.8, 4) is 0 Å². The predicted molar refractivity (Wildman–Crippen MR) is 74.9 cm³/mol. The van der Waals surface area contributed by atoms with Crippen LogP contribution in [0.5, 0.6) is 0 Å². The lowest BCUT2D eigenvalue weighted by atomic mass is 10.2. The highest BCUT2D eigenvalue weighted by Crippen LogP contribution is 2.23. The van der Waals surface area contributed by atoms with E-state index < -0.39 is 0 Å². The van der Waals surface area contributed by atoms with E-state index in [1.165, 1.54) is 11.1 Å². The first-order valence-corrected chi connectivity index (χ1v) is 6.19. The van der Waals surface area contributed by atoms with Crippen LogP contribution >= 0.6 is 0 Å². The zero-order valence-corrected chi connectivity index (χ0v) is 10.9. The molecule has 0 aliphatic carbocycles. The molecule has 0 aliphatic rings. The fourth-order valence-corrected chi connectivity index (χ4v) is 2.20. The maximum absolute atomic E-state index is 4.44. The minimum Gasteiger partial charge on any atom is -0.364 e. The summed E-state index contributed by atoms with van der Waals surface area (Å²) in [7, 11) is 0. The van der Waals surface area contributed by atoms with Crippen LogP contribution in [0.4, 0.5) is 5.82 Å². The third kappa shape index (κ3) is 2.27. The van der Waals surface area contributed by atoms with Gasteiger partial charge in [0.25, 0.3) is 0 Å². The molecular weight excluding hydrogens is 238 g/mol. The number of rotatable bonds is 3. The molecule has 0 bridgehead atoms. The van der Waals surface area contributed by atoms with Crippen molar-refractivity contribution in [2.45, 2.75) is 20.4 Å². The van der Waals surface area contributed by atoms with E-state index in [9.17, 15) is 0 Å². The van der Waals surface area contributed by atoms with Gasteiger partial charge in [-0.1, -0.05) is 0 Å². The molecule has 3 heterocycles. The maximum Gasteiger partial charge on any atom is 0.157 e. The van der Waals surface area contributed by atoms with Crippen LogP contribution in [0.25, 0.3) is 11.0 Å². The fourth-order valence-electron chi connectivity index (χ4n) is 2.20. The molecule has 5 heteroatoms. The maximum atomic E-state index is 4.44. The zero-order valence-electron chi connectivity index (χ0n) is 10.9. The average Bonchev–Trinajstić information content (AvgIpc) is 2.81. The van der Waals surface area contributed by atoms with E-state index in [1.54, 1.807) is 12.4 Å². The number of aromatic amines is 1. The Bertz CT molecular complexity index is 702. The molecule has 0 fully saturated rings. The van der Waals surface area contributed by atoms with Gasteiger partial charge in [-0.25, -0.2) is 4.98 Å². The second-order valence-electron chi connectivity index (χ2n) is 4.59. The smallest absolute Gasteiger partial charge is 0.157 e. The van der Waals surface area contributed by atoms with Crippen molar-refractivity contribution in [3.05, 3.63) is 47.4 Å². The molecule has 0 aromatic carbocycles. The number of anilines is 1. The quantitative estimate of drug-likeness (QED) is 0.753. The number of aromatic nitrogens is 4. The molecule has 0 saturated carbocycles. The van der Waals surface area contributed by atoms with Gasteiger partial charge in [-0.05, 0) is 43.2 Å². The highest BCUT2D eigenvalue weighted by molar-refractivity contribution is 5.90. The van der Waals surface area contributed by atoms with Gasteiger partial charge in [-0.2, -0.15) is 5.10 Å². The molecule has 0 radical (unpaired) electrons. The van der Waals surface area contributed by atoms with E-state index in [0.29, 0.717) is 0 Å². The first kappa shape index (κ1) is 11.6. The highest BCUT2D eigenvalue weighted by atomic mass is 15.2. The van der Waals surface area contributed by atoms with Gasteiger partial charge in [-0.3, -0.25) is 10.1 Å². The average molecular weight is 253 g/mol. The van der Waals surface area contributed by atoms with E-state index in [0.717, 1.165) is 29.1 Å². The number of hydrogen-bond donors (Lipinski definition) is 2. The Kier molecular flexibility index (Phi) is 2.87. The van der Waals surface area contributed by atoms with Gasteiger partial charge in [-0.15, -0.1) is 0 Å². The first-order chi connectivity index (χ1) is 9.24. The number of pyridine rings is 2. The molecule has 0 amide bonds. The van der Waals surface area contributed by atoms with Crippen LogP contribution < -0.4 is 5.32 Å². The Morgan fingerprint density at radius 2 is 2.00 bits per heavy atom. The molecule has 0 unspecified atom stereocenters.